The highest BCUT2D eigenvalue weighted by molar-refractivity contribution is 5.84. The Hall–Kier alpha value is -1.36. The highest BCUT2D eigenvalue weighted by Crippen LogP contribution is 2.24. The summed E-state index contributed by atoms with van der Waals surface area (Å²) in [5.41, 5.74) is 1.47. The van der Waals surface area contributed by atoms with E-state index in [1.165, 1.54) is 31.3 Å². The van der Waals surface area contributed by atoms with Crippen molar-refractivity contribution in [1.29, 1.82) is 0 Å². The average Bonchev–Trinajstić information content (AvgIpc) is 2.53. The molecular formula is C17H28N2O3. The predicted octanol–water partition coefficient (Wildman–Crippen LogP) is 1.88. The summed E-state index contributed by atoms with van der Waals surface area (Å²) in [7, 11) is 3.37. The van der Waals surface area contributed by atoms with Gasteiger partial charge in [0, 0.05) is 27.1 Å². The van der Waals surface area contributed by atoms with Crippen molar-refractivity contribution < 1.29 is 14.3 Å². The second kappa shape index (κ2) is 8.32. The Morgan fingerprint density at radius 1 is 1.41 bits per heavy atom. The van der Waals surface area contributed by atoms with E-state index in [-0.39, 0.29) is 23.8 Å². The van der Waals surface area contributed by atoms with Crippen molar-refractivity contribution in [2.45, 2.75) is 51.0 Å². The van der Waals surface area contributed by atoms with Crippen LogP contribution in [0, 0.1) is 5.92 Å². The molecule has 0 aromatic rings. The molecule has 2 atom stereocenters. The van der Waals surface area contributed by atoms with Crippen molar-refractivity contribution in [3.8, 4) is 0 Å². The molecule has 0 radical (unpaired) electrons. The quantitative estimate of drug-likeness (QED) is 0.762. The lowest BCUT2D eigenvalue weighted by Crippen LogP contribution is -2.53. The number of methoxy groups -OCH3 is 1. The van der Waals surface area contributed by atoms with Crippen LogP contribution in [-0.2, 0) is 14.3 Å². The number of carbonyl (C=O) groups is 2. The van der Waals surface area contributed by atoms with Gasteiger partial charge in [0.1, 0.15) is 0 Å². The third-order valence-corrected chi connectivity index (χ3v) is 4.83. The Balaban J connectivity index is 1.84. The summed E-state index contributed by atoms with van der Waals surface area (Å²) in [6.07, 6.45) is 9.23. The molecule has 0 aromatic heterocycles. The van der Waals surface area contributed by atoms with E-state index in [0.29, 0.717) is 26.0 Å². The van der Waals surface area contributed by atoms with Crippen molar-refractivity contribution in [1.82, 2.24) is 10.2 Å². The van der Waals surface area contributed by atoms with Crippen LogP contribution in [0.15, 0.2) is 11.6 Å². The highest BCUT2D eigenvalue weighted by atomic mass is 16.5. The van der Waals surface area contributed by atoms with Crippen LogP contribution in [-0.4, -0.2) is 50.1 Å². The lowest BCUT2D eigenvalue weighted by atomic mass is 9.88. The van der Waals surface area contributed by atoms with Gasteiger partial charge in [-0.3, -0.25) is 9.59 Å². The summed E-state index contributed by atoms with van der Waals surface area (Å²) in [4.78, 5) is 25.9. The molecule has 5 nitrogen and oxygen atoms in total. The zero-order valence-corrected chi connectivity index (χ0v) is 13.8. The summed E-state index contributed by atoms with van der Waals surface area (Å²) in [5.74, 6) is -0.0146. The van der Waals surface area contributed by atoms with Gasteiger partial charge in [0.25, 0.3) is 0 Å². The van der Waals surface area contributed by atoms with Crippen LogP contribution in [0.3, 0.4) is 0 Å². The number of carbonyl (C=O) groups excluding carboxylic acids is 2. The molecule has 1 fully saturated rings. The van der Waals surface area contributed by atoms with Crippen molar-refractivity contribution in [3.63, 3.8) is 0 Å². The summed E-state index contributed by atoms with van der Waals surface area (Å²) < 4.78 is 5.20. The molecule has 0 spiro atoms. The molecule has 124 valence electrons. The van der Waals surface area contributed by atoms with Gasteiger partial charge in [-0.2, -0.15) is 0 Å². The zero-order chi connectivity index (χ0) is 15.9. The summed E-state index contributed by atoms with van der Waals surface area (Å²) in [5, 5.41) is 3.05. The van der Waals surface area contributed by atoms with Gasteiger partial charge in [0.15, 0.2) is 0 Å². The maximum atomic E-state index is 12.5. The number of likely N-dealkylation sites (tertiary alicyclic amines) is 1. The highest BCUT2D eigenvalue weighted by Gasteiger charge is 2.37. The van der Waals surface area contributed by atoms with Crippen molar-refractivity contribution >= 4 is 11.8 Å². The number of amides is 2. The van der Waals surface area contributed by atoms with Crippen LogP contribution in [0.1, 0.15) is 44.9 Å². The number of allylic oxidation sites excluding steroid dienone is 1. The number of nitrogens with zero attached hydrogens (tertiary/aromatic N) is 1. The van der Waals surface area contributed by atoms with Gasteiger partial charge in [0.2, 0.25) is 11.8 Å². The van der Waals surface area contributed by atoms with E-state index in [1.54, 1.807) is 19.1 Å². The number of ether oxygens (including phenoxy) is 1. The monoisotopic (exact) mass is 308 g/mol. The Morgan fingerprint density at radius 3 is 2.91 bits per heavy atom. The molecule has 0 aromatic carbocycles. The molecule has 1 heterocycles. The molecule has 2 rings (SSSR count). The van der Waals surface area contributed by atoms with Crippen LogP contribution in [0.4, 0.5) is 0 Å². The fraction of sp³-hybridized carbons (Fsp3) is 0.765. The predicted molar refractivity (Wildman–Crippen MR) is 85.3 cm³/mol. The molecule has 1 N–H and O–H groups in total. The first-order valence-corrected chi connectivity index (χ1v) is 8.33. The van der Waals surface area contributed by atoms with Gasteiger partial charge >= 0.3 is 0 Å². The Bertz CT molecular complexity index is 434. The first kappa shape index (κ1) is 17.0. The number of hydrogen-bond donors (Lipinski definition) is 1. The number of hydrogen-bond acceptors (Lipinski definition) is 3. The first-order chi connectivity index (χ1) is 10.6. The van der Waals surface area contributed by atoms with Crippen molar-refractivity contribution in [3.05, 3.63) is 11.6 Å². The summed E-state index contributed by atoms with van der Waals surface area (Å²) in [6.45, 7) is 1.10. The Labute approximate surface area is 133 Å². The van der Waals surface area contributed by atoms with E-state index < -0.39 is 0 Å². The maximum Gasteiger partial charge on any atom is 0.225 e. The Morgan fingerprint density at radius 2 is 2.23 bits per heavy atom. The van der Waals surface area contributed by atoms with Crippen LogP contribution in [0.25, 0.3) is 0 Å². The van der Waals surface area contributed by atoms with E-state index in [0.717, 1.165) is 6.42 Å². The lowest BCUT2D eigenvalue weighted by Gasteiger charge is -2.37. The smallest absolute Gasteiger partial charge is 0.225 e. The molecule has 0 unspecified atom stereocenters. The molecule has 5 heteroatoms. The third kappa shape index (κ3) is 4.32. The molecule has 2 aliphatic rings. The van der Waals surface area contributed by atoms with E-state index in [1.807, 2.05) is 0 Å². The van der Waals surface area contributed by atoms with Gasteiger partial charge < -0.3 is 15.0 Å². The van der Waals surface area contributed by atoms with E-state index in [4.69, 9.17) is 4.74 Å². The fourth-order valence-electron chi connectivity index (χ4n) is 3.42. The summed E-state index contributed by atoms with van der Waals surface area (Å²) >= 11 is 0. The number of rotatable bonds is 6. The molecule has 22 heavy (non-hydrogen) atoms. The second-order valence-corrected chi connectivity index (χ2v) is 6.32. The lowest BCUT2D eigenvalue weighted by molar-refractivity contribution is -0.143. The standard InChI is InChI=1S/C17H28N2O3/c1-19-15(12-22-2)14(8-9-16(19)20)17(21)18-11-10-13-6-4-3-5-7-13/h6,14-15H,3-5,7-12H2,1-2H3,(H,18,21)/t14-,15-/m1/s1. The number of nitrogens with one attached hydrogen (secondary N) is 1. The van der Waals surface area contributed by atoms with E-state index >= 15 is 0 Å². The second-order valence-electron chi connectivity index (χ2n) is 6.32. The molecule has 0 saturated carbocycles. The van der Waals surface area contributed by atoms with Gasteiger partial charge in [-0.25, -0.2) is 0 Å². The summed E-state index contributed by atoms with van der Waals surface area (Å²) in [6, 6.07) is -0.153. The van der Waals surface area contributed by atoms with Crippen molar-refractivity contribution in [2.75, 3.05) is 27.3 Å². The van der Waals surface area contributed by atoms with Gasteiger partial charge in [0.05, 0.1) is 18.6 Å². The maximum absolute atomic E-state index is 12.5. The Kier molecular flexibility index (Phi) is 6.43. The van der Waals surface area contributed by atoms with Crippen LogP contribution in [0.5, 0.6) is 0 Å². The molecule has 1 aliphatic heterocycles. The third-order valence-electron chi connectivity index (χ3n) is 4.83. The van der Waals surface area contributed by atoms with Gasteiger partial charge in [-0.15, -0.1) is 0 Å². The minimum absolute atomic E-state index is 0.0535. The molecule has 0 bridgehead atoms. The largest absolute Gasteiger partial charge is 0.383 e. The minimum Gasteiger partial charge on any atom is -0.383 e. The van der Waals surface area contributed by atoms with E-state index in [9.17, 15) is 9.59 Å². The minimum atomic E-state index is -0.164. The fourth-order valence-corrected chi connectivity index (χ4v) is 3.42. The van der Waals surface area contributed by atoms with Crippen LogP contribution in [0.2, 0.25) is 0 Å². The van der Waals surface area contributed by atoms with Crippen LogP contribution >= 0.6 is 0 Å². The molecular weight excluding hydrogens is 280 g/mol. The topological polar surface area (TPSA) is 58.6 Å². The first-order valence-electron chi connectivity index (χ1n) is 8.33. The number of piperidine rings is 1. The van der Waals surface area contributed by atoms with Crippen LogP contribution < -0.4 is 5.32 Å². The molecule has 2 amide bonds. The normalized spacial score (nSPS) is 25.8. The molecule has 1 saturated heterocycles. The van der Waals surface area contributed by atoms with E-state index in [2.05, 4.69) is 11.4 Å². The zero-order valence-electron chi connectivity index (χ0n) is 13.8. The van der Waals surface area contributed by atoms with Crippen molar-refractivity contribution in [2.24, 2.45) is 5.92 Å². The van der Waals surface area contributed by atoms with Gasteiger partial charge in [-0.1, -0.05) is 11.6 Å². The van der Waals surface area contributed by atoms with Gasteiger partial charge in [-0.05, 0) is 38.5 Å². The average molecular weight is 308 g/mol. The molecule has 1 aliphatic carbocycles. The SMILES string of the molecule is COC[C@@H]1[C@H](C(=O)NCCC2=CCCCC2)CCC(=O)N1C. The number of likely N-dealkylation sites (N-methyl/N-ethyl adjacent to an activating group) is 1.